The highest BCUT2D eigenvalue weighted by atomic mass is 32.1. The molecule has 2 N–H and O–H groups in total. The summed E-state index contributed by atoms with van der Waals surface area (Å²) in [5, 5.41) is 8.43. The number of fused-ring (bicyclic) bond motifs is 1. The summed E-state index contributed by atoms with van der Waals surface area (Å²) in [6.07, 6.45) is -4.59. The van der Waals surface area contributed by atoms with Crippen LogP contribution in [0.3, 0.4) is 0 Å². The van der Waals surface area contributed by atoms with Crippen molar-refractivity contribution in [3.63, 3.8) is 0 Å². The van der Waals surface area contributed by atoms with Crippen molar-refractivity contribution in [1.82, 2.24) is 15.2 Å². The van der Waals surface area contributed by atoms with Gasteiger partial charge in [-0.1, -0.05) is 29.5 Å². The molecule has 10 heteroatoms. The fourth-order valence-electron chi connectivity index (χ4n) is 2.17. The van der Waals surface area contributed by atoms with Gasteiger partial charge >= 0.3 is 6.18 Å². The monoisotopic (exact) mass is 354 g/mol. The molecule has 0 atom stereocenters. The van der Waals surface area contributed by atoms with Gasteiger partial charge in [0.2, 0.25) is 5.91 Å². The van der Waals surface area contributed by atoms with Gasteiger partial charge in [-0.15, -0.1) is 0 Å². The zero-order valence-electron chi connectivity index (χ0n) is 12.1. The first kappa shape index (κ1) is 16.1. The summed E-state index contributed by atoms with van der Waals surface area (Å²) in [4.78, 5) is 27.0. The van der Waals surface area contributed by atoms with Crippen LogP contribution in [0.5, 0.6) is 0 Å². The third-order valence-electron chi connectivity index (χ3n) is 3.10. The molecule has 0 spiro atoms. The Balaban J connectivity index is 2.29. The third kappa shape index (κ3) is 2.87. The molecule has 6 nitrogen and oxygen atoms in total. The minimum absolute atomic E-state index is 0.00389. The zero-order chi connectivity index (χ0) is 17.5. The first-order valence-electron chi connectivity index (χ1n) is 6.61. The summed E-state index contributed by atoms with van der Waals surface area (Å²) in [6, 6.07) is 4.87. The summed E-state index contributed by atoms with van der Waals surface area (Å²) in [5.74, 6) is -0.407. The minimum Gasteiger partial charge on any atom is -0.302 e. The molecule has 0 fully saturated rings. The number of rotatable bonds is 2. The Morgan fingerprint density at radius 2 is 2.00 bits per heavy atom. The van der Waals surface area contributed by atoms with Crippen molar-refractivity contribution in [3.8, 4) is 11.3 Å². The molecule has 1 amide bonds. The van der Waals surface area contributed by atoms with E-state index >= 15 is 0 Å². The van der Waals surface area contributed by atoms with Crippen molar-refractivity contribution in [2.24, 2.45) is 0 Å². The van der Waals surface area contributed by atoms with Gasteiger partial charge in [-0.2, -0.15) is 18.3 Å². The van der Waals surface area contributed by atoms with Gasteiger partial charge in [0, 0.05) is 12.5 Å². The van der Waals surface area contributed by atoms with Crippen LogP contribution in [0.15, 0.2) is 29.1 Å². The Bertz CT molecular complexity index is 994. The van der Waals surface area contributed by atoms with Gasteiger partial charge < -0.3 is 5.32 Å². The number of aromatic amines is 1. The number of alkyl halides is 3. The highest BCUT2D eigenvalue weighted by Crippen LogP contribution is 2.38. The van der Waals surface area contributed by atoms with Gasteiger partial charge in [-0.3, -0.25) is 9.59 Å². The lowest BCUT2D eigenvalue weighted by atomic mass is 10.0. The lowest BCUT2D eigenvalue weighted by Crippen LogP contribution is -2.11. The Kier molecular flexibility index (Phi) is 3.84. The Labute approximate surface area is 136 Å². The normalized spacial score (nSPS) is 11.7. The number of nitrogens with one attached hydrogen (secondary N) is 2. The third-order valence-corrected chi connectivity index (χ3v) is 4.07. The Morgan fingerprint density at radius 3 is 2.67 bits per heavy atom. The summed E-state index contributed by atoms with van der Waals surface area (Å²) in [7, 11) is 0. The molecule has 3 rings (SSSR count). The maximum atomic E-state index is 13.2. The molecular formula is C14H9F3N4O2S. The average molecular weight is 354 g/mol. The number of H-pyrrole nitrogens is 1. The van der Waals surface area contributed by atoms with Gasteiger partial charge in [-0.05, 0) is 6.07 Å². The van der Waals surface area contributed by atoms with E-state index in [2.05, 4.69) is 20.5 Å². The van der Waals surface area contributed by atoms with Gasteiger partial charge in [0.1, 0.15) is 15.9 Å². The minimum atomic E-state index is -4.59. The molecule has 0 bridgehead atoms. The van der Waals surface area contributed by atoms with Crippen LogP contribution in [-0.4, -0.2) is 21.1 Å². The van der Waals surface area contributed by atoms with Crippen LogP contribution < -0.4 is 10.9 Å². The molecule has 2 heterocycles. The molecule has 3 aromatic rings. The van der Waals surface area contributed by atoms with Crippen molar-refractivity contribution >= 4 is 32.6 Å². The summed E-state index contributed by atoms with van der Waals surface area (Å²) in [6.45, 7) is 1.26. The number of amides is 1. The lowest BCUT2D eigenvalue weighted by molar-refractivity contribution is -0.137. The Hall–Kier alpha value is -2.75. The molecular weight excluding hydrogens is 345 g/mol. The van der Waals surface area contributed by atoms with Crippen molar-refractivity contribution < 1.29 is 18.0 Å². The molecule has 2 aromatic heterocycles. The first-order chi connectivity index (χ1) is 11.3. The highest BCUT2D eigenvalue weighted by Gasteiger charge is 2.34. The number of thiazole rings is 1. The van der Waals surface area contributed by atoms with Crippen LogP contribution in [0.1, 0.15) is 12.5 Å². The number of hydrogen-bond acceptors (Lipinski definition) is 5. The molecule has 1 aromatic carbocycles. The average Bonchev–Trinajstić information content (AvgIpc) is 2.90. The lowest BCUT2D eigenvalue weighted by Gasteiger charge is -2.11. The molecule has 0 radical (unpaired) electrons. The van der Waals surface area contributed by atoms with Crippen molar-refractivity contribution in [1.29, 1.82) is 0 Å². The van der Waals surface area contributed by atoms with E-state index in [-0.39, 0.29) is 26.6 Å². The van der Waals surface area contributed by atoms with Crippen LogP contribution in [0.4, 0.5) is 18.3 Å². The Morgan fingerprint density at radius 1 is 1.29 bits per heavy atom. The van der Waals surface area contributed by atoms with Gasteiger partial charge in [-0.25, -0.2) is 10.1 Å². The fourth-order valence-corrected chi connectivity index (χ4v) is 3.08. The largest absolute Gasteiger partial charge is 0.417 e. The number of benzene rings is 1. The van der Waals surface area contributed by atoms with E-state index < -0.39 is 23.2 Å². The van der Waals surface area contributed by atoms with Crippen molar-refractivity contribution in [2.45, 2.75) is 13.1 Å². The van der Waals surface area contributed by atoms with Gasteiger partial charge in [0.05, 0.1) is 5.56 Å². The molecule has 0 aliphatic rings. The molecule has 0 aliphatic carbocycles. The summed E-state index contributed by atoms with van der Waals surface area (Å²) in [5.41, 5.74) is -1.78. The highest BCUT2D eigenvalue weighted by molar-refractivity contribution is 7.22. The molecule has 0 saturated carbocycles. The predicted molar refractivity (Wildman–Crippen MR) is 82.8 cm³/mol. The first-order valence-corrected chi connectivity index (χ1v) is 7.42. The quantitative estimate of drug-likeness (QED) is 0.740. The molecule has 124 valence electrons. The van der Waals surface area contributed by atoms with E-state index in [1.165, 1.54) is 25.1 Å². The maximum absolute atomic E-state index is 13.2. The molecule has 0 unspecified atom stereocenters. The van der Waals surface area contributed by atoms with Gasteiger partial charge in [0.25, 0.3) is 5.56 Å². The second-order valence-electron chi connectivity index (χ2n) is 4.82. The number of carbonyl (C=O) groups is 1. The maximum Gasteiger partial charge on any atom is 0.417 e. The fraction of sp³-hybridized carbons (Fsp3) is 0.143. The second-order valence-corrected chi connectivity index (χ2v) is 5.82. The topological polar surface area (TPSA) is 87.7 Å². The van der Waals surface area contributed by atoms with E-state index in [0.717, 1.165) is 17.4 Å². The van der Waals surface area contributed by atoms with Crippen LogP contribution in [0.2, 0.25) is 0 Å². The standard InChI is InChI=1S/C14H9F3N4O2S/c1-6(22)18-13-19-10-9(20-21-12(23)11(10)24-13)7-4-2-3-5-8(7)14(15,16)17/h2-5H,1H3,(H,21,23)(H,18,19,22). The summed E-state index contributed by atoms with van der Waals surface area (Å²) >= 11 is 0.866. The van der Waals surface area contributed by atoms with Crippen LogP contribution in [-0.2, 0) is 11.0 Å². The number of anilines is 1. The van der Waals surface area contributed by atoms with Crippen molar-refractivity contribution in [2.75, 3.05) is 5.32 Å². The van der Waals surface area contributed by atoms with Gasteiger partial charge in [0.15, 0.2) is 5.13 Å². The zero-order valence-corrected chi connectivity index (χ0v) is 12.9. The molecule has 0 saturated heterocycles. The molecule has 0 aliphatic heterocycles. The van der Waals surface area contributed by atoms with Crippen LogP contribution in [0.25, 0.3) is 21.5 Å². The smallest absolute Gasteiger partial charge is 0.302 e. The van der Waals surface area contributed by atoms with E-state index in [0.29, 0.717) is 0 Å². The number of halogens is 3. The van der Waals surface area contributed by atoms with Crippen LogP contribution in [0, 0.1) is 0 Å². The SMILES string of the molecule is CC(=O)Nc1nc2c(-c3ccccc3C(F)(F)F)n[nH]c(=O)c2s1. The van der Waals surface area contributed by atoms with E-state index in [4.69, 9.17) is 0 Å². The number of aromatic nitrogens is 3. The summed E-state index contributed by atoms with van der Waals surface area (Å²) < 4.78 is 39.7. The number of hydrogen-bond donors (Lipinski definition) is 2. The van der Waals surface area contributed by atoms with E-state index in [1.54, 1.807) is 0 Å². The number of nitrogens with zero attached hydrogens (tertiary/aromatic N) is 2. The predicted octanol–water partition coefficient (Wildman–Crippen LogP) is 3.02. The number of carbonyl (C=O) groups excluding carboxylic acids is 1. The van der Waals surface area contributed by atoms with E-state index in [1.807, 2.05) is 0 Å². The van der Waals surface area contributed by atoms with Crippen LogP contribution >= 0.6 is 11.3 Å². The second kappa shape index (κ2) is 5.71. The van der Waals surface area contributed by atoms with E-state index in [9.17, 15) is 22.8 Å². The molecule has 24 heavy (non-hydrogen) atoms. The van der Waals surface area contributed by atoms with Crippen molar-refractivity contribution in [3.05, 3.63) is 40.2 Å².